The van der Waals surface area contributed by atoms with Crippen molar-refractivity contribution < 1.29 is 8.22 Å². The van der Waals surface area contributed by atoms with Crippen molar-refractivity contribution in [3.63, 3.8) is 0 Å². The molecule has 0 N–H and O–H groups in total. The van der Waals surface area contributed by atoms with Gasteiger partial charge in [0.15, 0.2) is 0 Å². The SMILES string of the molecule is [2H]C([2H])([2H])N(C)c1cccc(N(C)C([2H])([2H])[2H])c1C(C)C. The predicted molar refractivity (Wildman–Crippen MR) is 69.2 cm³/mol. The molecule has 0 aliphatic carbocycles. The van der Waals surface area contributed by atoms with Crippen LogP contribution >= 0.6 is 0 Å². The zero-order valence-electron chi connectivity index (χ0n) is 15.7. The van der Waals surface area contributed by atoms with Gasteiger partial charge in [0.05, 0.1) is 0 Å². The molecule has 2 nitrogen and oxygen atoms in total. The van der Waals surface area contributed by atoms with Gasteiger partial charge in [0.25, 0.3) is 0 Å². The number of nitrogens with zero attached hydrogens (tertiary/aromatic N) is 2. The fraction of sp³-hybridized carbons (Fsp3) is 0.538. The number of hydrogen-bond donors (Lipinski definition) is 0. The molecule has 84 valence electrons. The maximum Gasteiger partial charge on any atom is 0.0456 e. The Bertz CT molecular complexity index is 454. The third-order valence-electron chi connectivity index (χ3n) is 2.36. The summed E-state index contributed by atoms with van der Waals surface area (Å²) in [7, 11) is 2.99. The third-order valence-corrected chi connectivity index (χ3v) is 2.36. The molecule has 15 heavy (non-hydrogen) atoms. The Hall–Kier alpha value is -1.18. The molecule has 0 saturated carbocycles. The highest BCUT2D eigenvalue weighted by atomic mass is 15.1. The Morgan fingerprint density at radius 3 is 1.87 bits per heavy atom. The quantitative estimate of drug-likeness (QED) is 0.760. The smallest absolute Gasteiger partial charge is 0.0456 e. The first-order chi connectivity index (χ1) is 9.37. The van der Waals surface area contributed by atoms with E-state index in [0.29, 0.717) is 11.4 Å². The molecule has 0 spiro atoms. The first-order valence-corrected chi connectivity index (χ1v) is 4.98. The minimum atomic E-state index is -2.28. The lowest BCUT2D eigenvalue weighted by Gasteiger charge is -2.26. The summed E-state index contributed by atoms with van der Waals surface area (Å²) in [5.74, 6) is -0.00852. The summed E-state index contributed by atoms with van der Waals surface area (Å²) in [6.07, 6.45) is 0. The molecule has 1 rings (SSSR count). The summed E-state index contributed by atoms with van der Waals surface area (Å²) in [5.41, 5.74) is 1.77. The van der Waals surface area contributed by atoms with E-state index in [1.807, 2.05) is 13.8 Å². The van der Waals surface area contributed by atoms with Gasteiger partial charge >= 0.3 is 0 Å². The normalized spacial score (nSPS) is 18.2. The largest absolute Gasteiger partial charge is 0.377 e. The molecule has 0 atom stereocenters. The van der Waals surface area contributed by atoms with E-state index in [4.69, 9.17) is 8.22 Å². The summed E-state index contributed by atoms with van der Waals surface area (Å²) < 4.78 is 45.3. The Morgan fingerprint density at radius 2 is 1.53 bits per heavy atom. The second-order valence-electron chi connectivity index (χ2n) is 3.98. The van der Waals surface area contributed by atoms with Crippen LogP contribution in [0.2, 0.25) is 0 Å². The van der Waals surface area contributed by atoms with Crippen LogP contribution in [0, 0.1) is 0 Å². The minimum absolute atomic E-state index is 0.00852. The van der Waals surface area contributed by atoms with Crippen molar-refractivity contribution in [2.75, 3.05) is 37.8 Å². The molecular formula is C13H22N2. The first-order valence-electron chi connectivity index (χ1n) is 7.98. The monoisotopic (exact) mass is 212 g/mol. The van der Waals surface area contributed by atoms with Crippen LogP contribution < -0.4 is 9.80 Å². The summed E-state index contributed by atoms with van der Waals surface area (Å²) in [6, 6.07) is 5.10. The lowest BCUT2D eigenvalue weighted by Crippen LogP contribution is -2.17. The Labute approximate surface area is 102 Å². The molecule has 0 bridgehead atoms. The van der Waals surface area contributed by atoms with E-state index in [1.165, 1.54) is 23.9 Å². The van der Waals surface area contributed by atoms with Crippen LogP contribution in [0.1, 0.15) is 33.6 Å². The molecule has 2 heteroatoms. The second-order valence-corrected chi connectivity index (χ2v) is 3.98. The average molecular weight is 212 g/mol. The highest BCUT2D eigenvalue weighted by molar-refractivity contribution is 5.68. The van der Waals surface area contributed by atoms with Gasteiger partial charge in [-0.15, -0.1) is 0 Å². The van der Waals surface area contributed by atoms with Crippen molar-refractivity contribution in [3.8, 4) is 0 Å². The lowest BCUT2D eigenvalue weighted by atomic mass is 9.98. The van der Waals surface area contributed by atoms with Gasteiger partial charge in [-0.25, -0.2) is 0 Å². The summed E-state index contributed by atoms with van der Waals surface area (Å²) in [4.78, 5) is 2.42. The summed E-state index contributed by atoms with van der Waals surface area (Å²) >= 11 is 0. The van der Waals surface area contributed by atoms with Crippen molar-refractivity contribution in [2.45, 2.75) is 19.8 Å². The number of hydrogen-bond acceptors (Lipinski definition) is 2. The zero-order chi connectivity index (χ0) is 16.6. The maximum absolute atomic E-state index is 7.55. The van der Waals surface area contributed by atoms with E-state index in [2.05, 4.69) is 0 Å². The van der Waals surface area contributed by atoms with Gasteiger partial charge in [-0.05, 0) is 18.1 Å². The number of rotatable bonds is 3. The van der Waals surface area contributed by atoms with Crippen LogP contribution in [0.4, 0.5) is 11.4 Å². The molecule has 0 heterocycles. The molecule has 0 amide bonds. The second kappa shape index (κ2) is 4.56. The Kier molecular flexibility index (Phi) is 1.76. The Morgan fingerprint density at radius 1 is 1.07 bits per heavy atom. The number of benzene rings is 1. The zero-order valence-corrected chi connectivity index (χ0v) is 9.70. The van der Waals surface area contributed by atoms with E-state index < -0.39 is 14.0 Å². The van der Waals surface area contributed by atoms with Crippen LogP contribution in [0.3, 0.4) is 0 Å². The van der Waals surface area contributed by atoms with Gasteiger partial charge in [0.2, 0.25) is 0 Å². The first kappa shape index (κ1) is 5.78. The van der Waals surface area contributed by atoms with E-state index in [9.17, 15) is 0 Å². The van der Waals surface area contributed by atoms with Crippen molar-refractivity contribution in [2.24, 2.45) is 0 Å². The van der Waals surface area contributed by atoms with Crippen molar-refractivity contribution in [1.82, 2.24) is 0 Å². The maximum atomic E-state index is 7.55. The molecule has 0 unspecified atom stereocenters. The Balaban J connectivity index is 3.49. The number of anilines is 2. The van der Waals surface area contributed by atoms with E-state index in [0.717, 1.165) is 5.56 Å². The molecule has 0 fully saturated rings. The molecule has 0 radical (unpaired) electrons. The van der Waals surface area contributed by atoms with Crippen LogP contribution in [-0.2, 0) is 0 Å². The highest BCUT2D eigenvalue weighted by Gasteiger charge is 2.14. The highest BCUT2D eigenvalue weighted by Crippen LogP contribution is 2.34. The molecule has 1 aromatic rings. The van der Waals surface area contributed by atoms with Crippen molar-refractivity contribution in [3.05, 3.63) is 23.8 Å². The predicted octanol–water partition coefficient (Wildman–Crippen LogP) is 2.94. The van der Waals surface area contributed by atoms with Gasteiger partial charge in [-0.1, -0.05) is 19.9 Å². The third kappa shape index (κ3) is 2.44. The summed E-state index contributed by atoms with van der Waals surface area (Å²) in [6.45, 7) is -0.715. The fourth-order valence-electron chi connectivity index (χ4n) is 1.72. The fourth-order valence-corrected chi connectivity index (χ4v) is 1.72. The van der Waals surface area contributed by atoms with Crippen molar-refractivity contribution >= 4 is 11.4 Å². The lowest BCUT2D eigenvalue weighted by molar-refractivity contribution is 0.851. The topological polar surface area (TPSA) is 6.48 Å². The van der Waals surface area contributed by atoms with Gasteiger partial charge in [0, 0.05) is 53.2 Å². The van der Waals surface area contributed by atoms with Crippen LogP contribution in [0.15, 0.2) is 18.2 Å². The summed E-state index contributed by atoms with van der Waals surface area (Å²) in [5, 5.41) is 0. The molecule has 1 aromatic carbocycles. The van der Waals surface area contributed by atoms with Gasteiger partial charge in [-0.2, -0.15) is 0 Å². The minimum Gasteiger partial charge on any atom is -0.377 e. The standard InChI is InChI=1S/C13H22N2/c1-10(2)13-11(14(3)4)8-7-9-12(13)15(5)6/h7-10H,1-6H3/i3D3,5D3. The molecule has 0 aliphatic rings. The molecule has 0 aliphatic heterocycles. The van der Waals surface area contributed by atoms with E-state index >= 15 is 0 Å². The van der Waals surface area contributed by atoms with Crippen LogP contribution in [0.25, 0.3) is 0 Å². The average Bonchev–Trinajstić information content (AvgIpc) is 2.33. The van der Waals surface area contributed by atoms with Crippen LogP contribution in [-0.4, -0.2) is 28.0 Å². The van der Waals surface area contributed by atoms with E-state index in [-0.39, 0.29) is 5.92 Å². The van der Waals surface area contributed by atoms with Gasteiger partial charge < -0.3 is 9.80 Å². The van der Waals surface area contributed by atoms with Gasteiger partial charge in [0.1, 0.15) is 0 Å². The van der Waals surface area contributed by atoms with E-state index in [1.54, 1.807) is 18.2 Å². The molecule has 0 aromatic heterocycles. The van der Waals surface area contributed by atoms with Gasteiger partial charge in [-0.3, -0.25) is 0 Å². The van der Waals surface area contributed by atoms with Crippen molar-refractivity contribution in [1.29, 1.82) is 0 Å². The van der Waals surface area contributed by atoms with Crippen LogP contribution in [0.5, 0.6) is 0 Å². The molecular weight excluding hydrogens is 184 g/mol. The molecule has 0 saturated heterocycles.